The summed E-state index contributed by atoms with van der Waals surface area (Å²) in [7, 11) is 0. The fourth-order valence-corrected chi connectivity index (χ4v) is 3.96. The Morgan fingerprint density at radius 1 is 1.13 bits per heavy atom. The molecule has 1 aromatic heterocycles. The van der Waals surface area contributed by atoms with Crippen molar-refractivity contribution in [3.63, 3.8) is 0 Å². The van der Waals surface area contributed by atoms with Crippen LogP contribution in [-0.4, -0.2) is 42.1 Å². The minimum absolute atomic E-state index is 0.214. The van der Waals surface area contributed by atoms with Gasteiger partial charge >= 0.3 is 0 Å². The summed E-state index contributed by atoms with van der Waals surface area (Å²) in [5.41, 5.74) is 2.17. The van der Waals surface area contributed by atoms with E-state index in [0.717, 1.165) is 49.2 Å². The lowest BCUT2D eigenvalue weighted by atomic mass is 10.2. The summed E-state index contributed by atoms with van der Waals surface area (Å²) in [5.74, 6) is 0.513. The van der Waals surface area contributed by atoms with Gasteiger partial charge in [0.15, 0.2) is 0 Å². The lowest BCUT2D eigenvalue weighted by molar-refractivity contribution is 0.0341. The van der Waals surface area contributed by atoms with Gasteiger partial charge in [0.1, 0.15) is 23.1 Å². The molecule has 2 heterocycles. The van der Waals surface area contributed by atoms with Gasteiger partial charge in [0.25, 0.3) is 5.91 Å². The van der Waals surface area contributed by atoms with E-state index in [0.29, 0.717) is 23.0 Å². The molecular formula is C22H22ClN3O3S. The predicted molar refractivity (Wildman–Crippen MR) is 118 cm³/mol. The topological polar surface area (TPSA) is 63.7 Å². The first-order chi connectivity index (χ1) is 14.7. The number of benzene rings is 2. The summed E-state index contributed by atoms with van der Waals surface area (Å²) >= 11 is 7.40. The van der Waals surface area contributed by atoms with Gasteiger partial charge in [-0.2, -0.15) is 0 Å². The van der Waals surface area contributed by atoms with Gasteiger partial charge in [0.05, 0.1) is 19.8 Å². The van der Waals surface area contributed by atoms with Crippen molar-refractivity contribution in [3.05, 3.63) is 75.2 Å². The number of carbonyl (C=O) groups is 1. The number of morpholine rings is 1. The first kappa shape index (κ1) is 20.8. The lowest BCUT2D eigenvalue weighted by Crippen LogP contribution is -2.35. The zero-order chi connectivity index (χ0) is 20.8. The molecule has 1 fully saturated rings. The van der Waals surface area contributed by atoms with Crippen LogP contribution in [0.4, 0.5) is 5.69 Å². The number of rotatable bonds is 7. The molecule has 30 heavy (non-hydrogen) atoms. The highest BCUT2D eigenvalue weighted by Gasteiger charge is 2.15. The number of carbonyl (C=O) groups excluding carboxylic acids is 1. The van der Waals surface area contributed by atoms with Crippen LogP contribution in [0.1, 0.15) is 21.1 Å². The van der Waals surface area contributed by atoms with Crippen molar-refractivity contribution < 1.29 is 14.3 Å². The zero-order valence-corrected chi connectivity index (χ0v) is 17.9. The molecule has 1 aliphatic heterocycles. The third-order valence-electron chi connectivity index (χ3n) is 4.68. The van der Waals surface area contributed by atoms with E-state index in [-0.39, 0.29) is 5.91 Å². The molecule has 156 valence electrons. The molecule has 4 rings (SSSR count). The van der Waals surface area contributed by atoms with Crippen LogP contribution in [0.3, 0.4) is 0 Å². The van der Waals surface area contributed by atoms with Crippen LogP contribution in [0.25, 0.3) is 0 Å². The monoisotopic (exact) mass is 443 g/mol. The van der Waals surface area contributed by atoms with E-state index in [2.05, 4.69) is 15.2 Å². The average Bonchev–Trinajstić information content (AvgIpc) is 3.24. The van der Waals surface area contributed by atoms with E-state index in [1.807, 2.05) is 48.5 Å². The molecule has 8 heteroatoms. The number of halogens is 1. The van der Waals surface area contributed by atoms with Gasteiger partial charge in [-0.3, -0.25) is 9.69 Å². The van der Waals surface area contributed by atoms with E-state index in [1.165, 1.54) is 11.3 Å². The Morgan fingerprint density at radius 2 is 1.87 bits per heavy atom. The number of thiazole rings is 1. The minimum Gasteiger partial charge on any atom is -0.489 e. The number of aromatic nitrogens is 1. The quantitative estimate of drug-likeness (QED) is 0.584. The molecule has 1 aliphatic rings. The van der Waals surface area contributed by atoms with Crippen LogP contribution < -0.4 is 10.1 Å². The van der Waals surface area contributed by atoms with Crippen molar-refractivity contribution >= 4 is 34.5 Å². The fourth-order valence-electron chi connectivity index (χ4n) is 3.02. The van der Waals surface area contributed by atoms with Crippen molar-refractivity contribution in [1.82, 2.24) is 9.88 Å². The second-order valence-corrected chi connectivity index (χ2v) is 8.29. The van der Waals surface area contributed by atoms with E-state index in [4.69, 9.17) is 21.1 Å². The summed E-state index contributed by atoms with van der Waals surface area (Å²) < 4.78 is 11.1. The van der Waals surface area contributed by atoms with Crippen LogP contribution in [0.15, 0.2) is 53.9 Å². The lowest BCUT2D eigenvalue weighted by Gasteiger charge is -2.25. The summed E-state index contributed by atoms with van der Waals surface area (Å²) in [6.07, 6.45) is 0. The second-order valence-electron chi connectivity index (χ2n) is 6.91. The van der Waals surface area contributed by atoms with E-state index >= 15 is 0 Å². The molecule has 6 nitrogen and oxygen atoms in total. The number of anilines is 1. The largest absolute Gasteiger partial charge is 0.489 e. The smallest absolute Gasteiger partial charge is 0.275 e. The van der Waals surface area contributed by atoms with Gasteiger partial charge in [-0.25, -0.2) is 4.98 Å². The van der Waals surface area contributed by atoms with Crippen LogP contribution in [-0.2, 0) is 17.9 Å². The fraction of sp³-hybridized carbons (Fsp3) is 0.273. The molecule has 0 bridgehead atoms. The number of hydrogen-bond donors (Lipinski definition) is 1. The maximum atomic E-state index is 12.5. The number of nitrogens with one attached hydrogen (secondary N) is 1. The highest BCUT2D eigenvalue weighted by Crippen LogP contribution is 2.19. The SMILES string of the molecule is O=C(Nc1ccc(OCc2ccc(Cl)cc2)cc1)c1csc(CN2CCOCC2)n1. The van der Waals surface area contributed by atoms with Crippen molar-refractivity contribution in [3.8, 4) is 5.75 Å². The number of amides is 1. The van der Waals surface area contributed by atoms with Gasteiger partial charge < -0.3 is 14.8 Å². The summed E-state index contributed by atoms with van der Waals surface area (Å²) in [5, 5.41) is 6.32. The summed E-state index contributed by atoms with van der Waals surface area (Å²) in [4.78, 5) is 19.3. The van der Waals surface area contributed by atoms with Crippen LogP contribution in [0.2, 0.25) is 5.02 Å². The van der Waals surface area contributed by atoms with Crippen molar-refractivity contribution in [2.75, 3.05) is 31.6 Å². The minimum atomic E-state index is -0.214. The molecule has 0 radical (unpaired) electrons. The maximum absolute atomic E-state index is 12.5. The molecule has 2 aromatic carbocycles. The van der Waals surface area contributed by atoms with E-state index in [1.54, 1.807) is 5.38 Å². The summed E-state index contributed by atoms with van der Waals surface area (Å²) in [6, 6.07) is 14.8. The Bertz CT molecular complexity index is 970. The molecular weight excluding hydrogens is 422 g/mol. The molecule has 0 spiro atoms. The first-order valence-electron chi connectivity index (χ1n) is 9.69. The van der Waals surface area contributed by atoms with Crippen LogP contribution in [0.5, 0.6) is 5.75 Å². The maximum Gasteiger partial charge on any atom is 0.275 e. The van der Waals surface area contributed by atoms with Gasteiger partial charge in [-0.15, -0.1) is 11.3 Å². The third kappa shape index (κ3) is 5.79. The summed E-state index contributed by atoms with van der Waals surface area (Å²) in [6.45, 7) is 4.49. The first-order valence-corrected chi connectivity index (χ1v) is 10.9. The van der Waals surface area contributed by atoms with E-state index in [9.17, 15) is 4.79 Å². The van der Waals surface area contributed by atoms with Gasteiger partial charge in [0.2, 0.25) is 0 Å². The highest BCUT2D eigenvalue weighted by atomic mass is 35.5. The predicted octanol–water partition coefficient (Wildman–Crippen LogP) is 4.46. The van der Waals surface area contributed by atoms with Gasteiger partial charge in [-0.1, -0.05) is 23.7 Å². The number of ether oxygens (including phenoxy) is 2. The van der Waals surface area contributed by atoms with Gasteiger partial charge in [-0.05, 0) is 42.0 Å². The second kappa shape index (κ2) is 10.0. The Kier molecular flexibility index (Phi) is 6.96. The molecule has 1 saturated heterocycles. The molecule has 0 saturated carbocycles. The third-order valence-corrected chi connectivity index (χ3v) is 5.76. The molecule has 3 aromatic rings. The molecule has 0 aliphatic carbocycles. The van der Waals surface area contributed by atoms with Crippen molar-refractivity contribution in [1.29, 1.82) is 0 Å². The Balaban J connectivity index is 1.28. The normalized spacial score (nSPS) is 14.4. The highest BCUT2D eigenvalue weighted by molar-refractivity contribution is 7.09. The van der Waals surface area contributed by atoms with Crippen LogP contribution in [0, 0.1) is 0 Å². The Hall–Kier alpha value is -2.45. The van der Waals surface area contributed by atoms with Crippen LogP contribution >= 0.6 is 22.9 Å². The van der Waals surface area contributed by atoms with Crippen molar-refractivity contribution in [2.24, 2.45) is 0 Å². The van der Waals surface area contributed by atoms with E-state index < -0.39 is 0 Å². The number of hydrogen-bond acceptors (Lipinski definition) is 6. The zero-order valence-electron chi connectivity index (χ0n) is 16.3. The molecule has 1 amide bonds. The Labute approximate surface area is 184 Å². The molecule has 1 N–H and O–H groups in total. The van der Waals surface area contributed by atoms with Crippen molar-refractivity contribution in [2.45, 2.75) is 13.2 Å². The number of nitrogens with zero attached hydrogens (tertiary/aromatic N) is 2. The average molecular weight is 444 g/mol. The van der Waals surface area contributed by atoms with Gasteiger partial charge in [0, 0.05) is 29.2 Å². The molecule has 0 atom stereocenters. The Morgan fingerprint density at radius 3 is 2.60 bits per heavy atom. The molecule has 0 unspecified atom stereocenters. The standard InChI is InChI=1S/C22H22ClN3O3S/c23-17-3-1-16(2-4-17)14-29-19-7-5-18(6-8-19)24-22(27)20-15-30-21(25-20)13-26-9-11-28-12-10-26/h1-8,15H,9-14H2,(H,24,27).